The Bertz CT molecular complexity index is 882. The van der Waals surface area contributed by atoms with Gasteiger partial charge in [-0.25, -0.2) is 0 Å². The van der Waals surface area contributed by atoms with Gasteiger partial charge in [-0.15, -0.1) is 11.8 Å². The maximum atomic E-state index is 10.8. The summed E-state index contributed by atoms with van der Waals surface area (Å²) in [5, 5.41) is 11.3. The first-order chi connectivity index (χ1) is 11.6. The van der Waals surface area contributed by atoms with Gasteiger partial charge in [0.05, 0.1) is 5.75 Å². The number of fused-ring (bicyclic) bond motifs is 1. The molecule has 122 valence electrons. The molecule has 2 aromatic carbocycles. The fourth-order valence-corrected chi connectivity index (χ4v) is 3.95. The van der Waals surface area contributed by atoms with E-state index in [9.17, 15) is 4.79 Å². The molecule has 0 bridgehead atoms. The first-order valence-electron chi connectivity index (χ1n) is 7.59. The van der Waals surface area contributed by atoms with E-state index in [2.05, 4.69) is 51.2 Å². The van der Waals surface area contributed by atoms with E-state index in [-0.39, 0.29) is 5.75 Å². The number of halogens is 1. The summed E-state index contributed by atoms with van der Waals surface area (Å²) in [7, 11) is 0. The third-order valence-corrected chi connectivity index (χ3v) is 5.63. The molecule has 3 aromatic rings. The van der Waals surface area contributed by atoms with Crippen molar-refractivity contribution in [2.45, 2.75) is 17.7 Å². The fraction of sp³-hybridized carbons (Fsp3) is 0.158. The van der Waals surface area contributed by atoms with E-state index >= 15 is 0 Å². The Morgan fingerprint density at radius 2 is 1.79 bits per heavy atom. The number of hydrogen-bond acceptors (Lipinski definition) is 3. The minimum absolute atomic E-state index is 0.0677. The van der Waals surface area contributed by atoms with Crippen LogP contribution >= 0.6 is 27.7 Å². The maximum Gasteiger partial charge on any atom is 0.313 e. The van der Waals surface area contributed by atoms with Gasteiger partial charge in [-0.05, 0) is 46.9 Å². The van der Waals surface area contributed by atoms with Crippen molar-refractivity contribution in [2.24, 2.45) is 0 Å². The summed E-state index contributed by atoms with van der Waals surface area (Å²) in [6.07, 6.45) is 5.27. The van der Waals surface area contributed by atoms with Crippen molar-refractivity contribution in [2.75, 3.05) is 5.75 Å². The minimum atomic E-state index is -0.804. The third kappa shape index (κ3) is 3.97. The van der Waals surface area contributed by atoms with Crippen LogP contribution in [-0.4, -0.2) is 21.8 Å². The molecule has 0 spiro atoms. The van der Waals surface area contributed by atoms with Crippen LogP contribution in [0, 0.1) is 0 Å². The third-order valence-electron chi connectivity index (χ3n) is 3.83. The van der Waals surface area contributed by atoms with Crippen LogP contribution in [-0.2, 0) is 17.6 Å². The fourth-order valence-electron chi connectivity index (χ4n) is 2.69. The van der Waals surface area contributed by atoms with E-state index in [1.54, 1.807) is 6.20 Å². The van der Waals surface area contributed by atoms with Crippen molar-refractivity contribution in [1.29, 1.82) is 0 Å². The zero-order valence-corrected chi connectivity index (χ0v) is 15.3. The lowest BCUT2D eigenvalue weighted by Crippen LogP contribution is -2.00. The number of aromatic nitrogens is 1. The number of carboxylic acid groups (broad SMARTS) is 1. The van der Waals surface area contributed by atoms with E-state index < -0.39 is 5.97 Å². The summed E-state index contributed by atoms with van der Waals surface area (Å²) in [4.78, 5) is 16.0. The molecule has 0 aliphatic heterocycles. The number of aliphatic carboxylic acids is 1. The summed E-state index contributed by atoms with van der Waals surface area (Å²) in [5.41, 5.74) is 2.38. The monoisotopic (exact) mass is 401 g/mol. The topological polar surface area (TPSA) is 50.2 Å². The predicted molar refractivity (Wildman–Crippen MR) is 102 cm³/mol. The summed E-state index contributed by atoms with van der Waals surface area (Å²) < 4.78 is 1.10. The Hall–Kier alpha value is -1.85. The van der Waals surface area contributed by atoms with Crippen molar-refractivity contribution < 1.29 is 9.90 Å². The molecule has 0 aliphatic carbocycles. The Morgan fingerprint density at radius 3 is 2.58 bits per heavy atom. The van der Waals surface area contributed by atoms with Crippen LogP contribution in [0.2, 0.25) is 0 Å². The lowest BCUT2D eigenvalue weighted by molar-refractivity contribution is -0.133. The molecule has 3 nitrogen and oxygen atoms in total. The van der Waals surface area contributed by atoms with E-state index in [4.69, 9.17) is 5.11 Å². The molecule has 0 amide bonds. The highest BCUT2D eigenvalue weighted by Crippen LogP contribution is 2.29. The Labute approximate surface area is 153 Å². The summed E-state index contributed by atoms with van der Waals surface area (Å²) in [6, 6.07) is 14.5. The number of thioether (sulfide) groups is 1. The number of rotatable bonds is 6. The number of nitrogens with zero attached hydrogens (tertiary/aromatic N) is 1. The number of carbonyl (C=O) groups is 1. The molecule has 0 atom stereocenters. The summed E-state index contributed by atoms with van der Waals surface area (Å²) in [5.74, 6) is -0.736. The molecule has 1 N–H and O–H groups in total. The Kier molecular flexibility index (Phi) is 5.53. The minimum Gasteiger partial charge on any atom is -0.481 e. The van der Waals surface area contributed by atoms with Crippen LogP contribution < -0.4 is 0 Å². The molecule has 0 radical (unpaired) electrons. The molecule has 24 heavy (non-hydrogen) atoms. The summed E-state index contributed by atoms with van der Waals surface area (Å²) in [6.45, 7) is 0. The van der Waals surface area contributed by atoms with Crippen LogP contribution in [0.5, 0.6) is 0 Å². The van der Waals surface area contributed by atoms with Crippen molar-refractivity contribution >= 4 is 44.4 Å². The highest BCUT2D eigenvalue weighted by molar-refractivity contribution is 9.10. The number of hydrogen-bond donors (Lipinski definition) is 1. The summed E-state index contributed by atoms with van der Waals surface area (Å²) >= 11 is 4.95. The van der Waals surface area contributed by atoms with Gasteiger partial charge in [0.1, 0.15) is 0 Å². The molecular formula is C19H16BrNO2S. The van der Waals surface area contributed by atoms with Crippen LogP contribution in [0.1, 0.15) is 11.1 Å². The standard InChI is InChI=1S/C19H16BrNO2S/c20-17-8-7-13(15-3-1-2-4-16(15)17)5-6-14-11-21-10-9-18(14)24-12-19(22)23/h1-4,7-11H,5-6,12H2,(H,22,23). The molecule has 0 fully saturated rings. The SMILES string of the molecule is O=C(O)CSc1ccncc1CCc1ccc(Br)c2ccccc12. The number of pyridine rings is 1. The predicted octanol–water partition coefficient (Wildman–Crippen LogP) is 4.96. The molecule has 0 saturated heterocycles. The molecule has 0 aliphatic rings. The smallest absolute Gasteiger partial charge is 0.313 e. The van der Waals surface area contributed by atoms with Gasteiger partial charge in [0.2, 0.25) is 0 Å². The van der Waals surface area contributed by atoms with Gasteiger partial charge in [-0.3, -0.25) is 9.78 Å². The van der Waals surface area contributed by atoms with Crippen LogP contribution in [0.25, 0.3) is 10.8 Å². The maximum absolute atomic E-state index is 10.8. The highest BCUT2D eigenvalue weighted by Gasteiger charge is 2.08. The van der Waals surface area contributed by atoms with Gasteiger partial charge in [-0.1, -0.05) is 46.3 Å². The van der Waals surface area contributed by atoms with Crippen molar-refractivity contribution in [3.8, 4) is 0 Å². The quantitative estimate of drug-likeness (QED) is 0.593. The lowest BCUT2D eigenvalue weighted by atomic mass is 9.99. The molecular weight excluding hydrogens is 386 g/mol. The van der Waals surface area contributed by atoms with Crippen molar-refractivity contribution in [3.05, 3.63) is 70.5 Å². The van der Waals surface area contributed by atoms with E-state index in [1.165, 1.54) is 28.1 Å². The van der Waals surface area contributed by atoms with Gasteiger partial charge < -0.3 is 5.11 Å². The number of carboxylic acids is 1. The Balaban J connectivity index is 1.82. The molecule has 0 unspecified atom stereocenters. The van der Waals surface area contributed by atoms with E-state index in [0.717, 1.165) is 27.8 Å². The molecule has 1 heterocycles. The molecule has 3 rings (SSSR count). The number of benzene rings is 2. The molecule has 5 heteroatoms. The normalized spacial score (nSPS) is 10.9. The van der Waals surface area contributed by atoms with E-state index in [1.807, 2.05) is 18.3 Å². The molecule has 1 aromatic heterocycles. The average Bonchev–Trinajstić information content (AvgIpc) is 2.60. The van der Waals surface area contributed by atoms with Crippen LogP contribution in [0.15, 0.2) is 64.2 Å². The van der Waals surface area contributed by atoms with Crippen molar-refractivity contribution in [3.63, 3.8) is 0 Å². The van der Waals surface area contributed by atoms with Crippen LogP contribution in [0.3, 0.4) is 0 Å². The zero-order chi connectivity index (χ0) is 16.9. The zero-order valence-electron chi connectivity index (χ0n) is 12.9. The highest BCUT2D eigenvalue weighted by atomic mass is 79.9. The van der Waals surface area contributed by atoms with E-state index in [0.29, 0.717) is 0 Å². The van der Waals surface area contributed by atoms with Gasteiger partial charge in [0, 0.05) is 21.8 Å². The first kappa shape index (κ1) is 17.0. The van der Waals surface area contributed by atoms with Gasteiger partial charge >= 0.3 is 5.97 Å². The second-order valence-corrected chi connectivity index (χ2v) is 7.29. The number of aryl methyl sites for hydroxylation is 2. The molecule has 0 saturated carbocycles. The second-order valence-electron chi connectivity index (χ2n) is 5.42. The second kappa shape index (κ2) is 7.81. The largest absolute Gasteiger partial charge is 0.481 e. The first-order valence-corrected chi connectivity index (χ1v) is 9.36. The average molecular weight is 402 g/mol. The van der Waals surface area contributed by atoms with Gasteiger partial charge in [-0.2, -0.15) is 0 Å². The van der Waals surface area contributed by atoms with Crippen LogP contribution in [0.4, 0.5) is 0 Å². The lowest BCUT2D eigenvalue weighted by Gasteiger charge is -2.10. The van der Waals surface area contributed by atoms with Gasteiger partial charge in [0.15, 0.2) is 0 Å². The van der Waals surface area contributed by atoms with Gasteiger partial charge in [0.25, 0.3) is 0 Å². The van der Waals surface area contributed by atoms with Crippen molar-refractivity contribution in [1.82, 2.24) is 4.98 Å². The Morgan fingerprint density at radius 1 is 1.04 bits per heavy atom.